The van der Waals surface area contributed by atoms with Crippen LogP contribution in [0.15, 0.2) is 24.3 Å². The maximum Gasteiger partial charge on any atom is 0.310 e. The first-order chi connectivity index (χ1) is 9.11. The van der Waals surface area contributed by atoms with Crippen LogP contribution >= 0.6 is 0 Å². The van der Waals surface area contributed by atoms with Crippen molar-refractivity contribution in [1.82, 2.24) is 0 Å². The molecule has 0 spiro atoms. The van der Waals surface area contributed by atoms with E-state index >= 15 is 0 Å². The summed E-state index contributed by atoms with van der Waals surface area (Å²) in [5.74, 6) is 0.445. The second-order valence-electron chi connectivity index (χ2n) is 5.50. The minimum Gasteiger partial charge on any atom is -0.466 e. The van der Waals surface area contributed by atoms with Gasteiger partial charge in [0.05, 0.1) is 12.5 Å². The van der Waals surface area contributed by atoms with Gasteiger partial charge < -0.3 is 9.64 Å². The van der Waals surface area contributed by atoms with E-state index in [1.165, 1.54) is 11.3 Å². The molecule has 19 heavy (non-hydrogen) atoms. The van der Waals surface area contributed by atoms with E-state index in [4.69, 9.17) is 4.74 Å². The largest absolute Gasteiger partial charge is 0.466 e. The zero-order chi connectivity index (χ0) is 13.8. The normalized spacial score (nSPS) is 19.7. The van der Waals surface area contributed by atoms with Crippen molar-refractivity contribution in [2.75, 3.05) is 24.6 Å². The minimum atomic E-state index is -0.0989. The van der Waals surface area contributed by atoms with Gasteiger partial charge in [-0.15, -0.1) is 0 Å². The van der Waals surface area contributed by atoms with Gasteiger partial charge in [-0.05, 0) is 30.9 Å². The van der Waals surface area contributed by atoms with E-state index in [0.29, 0.717) is 12.5 Å². The van der Waals surface area contributed by atoms with Crippen molar-refractivity contribution in [3.05, 3.63) is 29.8 Å². The molecule has 0 N–H and O–H groups in total. The fraction of sp³-hybridized carbons (Fsp3) is 0.562. The van der Waals surface area contributed by atoms with Crippen molar-refractivity contribution >= 4 is 11.7 Å². The Kier molecular flexibility index (Phi) is 4.46. The molecule has 1 aromatic carbocycles. The molecular formula is C16H23NO2. The fourth-order valence-corrected chi connectivity index (χ4v) is 2.77. The van der Waals surface area contributed by atoms with Gasteiger partial charge in [-0.25, -0.2) is 0 Å². The molecule has 0 saturated carbocycles. The first-order valence-electron chi connectivity index (χ1n) is 7.11. The zero-order valence-corrected chi connectivity index (χ0v) is 12.1. The second kappa shape index (κ2) is 6.09. The Morgan fingerprint density at radius 1 is 1.47 bits per heavy atom. The van der Waals surface area contributed by atoms with Gasteiger partial charge in [0.25, 0.3) is 0 Å². The third-order valence-electron chi connectivity index (χ3n) is 3.62. The quantitative estimate of drug-likeness (QED) is 0.781. The highest BCUT2D eigenvalue weighted by atomic mass is 16.5. The molecule has 0 saturated heterocycles. The Balaban J connectivity index is 2.10. The number of nitrogens with zero attached hydrogens (tertiary/aromatic N) is 1. The zero-order valence-electron chi connectivity index (χ0n) is 12.1. The Hall–Kier alpha value is -1.51. The summed E-state index contributed by atoms with van der Waals surface area (Å²) < 4.78 is 5.09. The molecule has 0 aliphatic carbocycles. The predicted molar refractivity (Wildman–Crippen MR) is 77.3 cm³/mol. The van der Waals surface area contributed by atoms with Gasteiger partial charge in [-0.1, -0.05) is 32.0 Å². The SMILES string of the molecule is CCOC(=O)C(C)CN1CC(C)Cc2ccccc21. The summed E-state index contributed by atoms with van der Waals surface area (Å²) in [6.45, 7) is 8.26. The molecule has 2 rings (SSSR count). The average Bonchev–Trinajstić information content (AvgIpc) is 2.38. The summed E-state index contributed by atoms with van der Waals surface area (Å²) >= 11 is 0. The summed E-state index contributed by atoms with van der Waals surface area (Å²) in [4.78, 5) is 14.1. The third-order valence-corrected chi connectivity index (χ3v) is 3.62. The Morgan fingerprint density at radius 2 is 2.21 bits per heavy atom. The molecule has 0 fully saturated rings. The highest BCUT2D eigenvalue weighted by molar-refractivity contribution is 5.73. The van der Waals surface area contributed by atoms with Crippen LogP contribution in [0.4, 0.5) is 5.69 Å². The number of rotatable bonds is 4. The highest BCUT2D eigenvalue weighted by Gasteiger charge is 2.25. The van der Waals surface area contributed by atoms with Crippen molar-refractivity contribution in [2.24, 2.45) is 11.8 Å². The number of ether oxygens (including phenoxy) is 1. The second-order valence-corrected chi connectivity index (χ2v) is 5.50. The summed E-state index contributed by atoms with van der Waals surface area (Å²) in [6, 6.07) is 8.49. The maximum absolute atomic E-state index is 11.8. The van der Waals surface area contributed by atoms with E-state index in [9.17, 15) is 4.79 Å². The lowest BCUT2D eigenvalue weighted by Gasteiger charge is -2.36. The third kappa shape index (κ3) is 3.28. The molecule has 1 aromatic rings. The number of carbonyl (C=O) groups is 1. The molecule has 0 aromatic heterocycles. The van der Waals surface area contributed by atoms with Crippen molar-refractivity contribution < 1.29 is 9.53 Å². The van der Waals surface area contributed by atoms with E-state index in [2.05, 4.69) is 36.1 Å². The van der Waals surface area contributed by atoms with E-state index < -0.39 is 0 Å². The van der Waals surface area contributed by atoms with Gasteiger partial charge in [0.15, 0.2) is 0 Å². The van der Waals surface area contributed by atoms with Gasteiger partial charge >= 0.3 is 5.97 Å². The van der Waals surface area contributed by atoms with Crippen molar-refractivity contribution in [3.8, 4) is 0 Å². The lowest BCUT2D eigenvalue weighted by Crippen LogP contribution is -2.39. The van der Waals surface area contributed by atoms with E-state index in [1.807, 2.05) is 13.8 Å². The summed E-state index contributed by atoms with van der Waals surface area (Å²) in [5, 5.41) is 0. The van der Waals surface area contributed by atoms with Gasteiger partial charge in [0, 0.05) is 18.8 Å². The first-order valence-corrected chi connectivity index (χ1v) is 7.11. The van der Waals surface area contributed by atoms with Gasteiger partial charge in [-0.2, -0.15) is 0 Å². The van der Waals surface area contributed by atoms with Crippen molar-refractivity contribution in [1.29, 1.82) is 0 Å². The van der Waals surface area contributed by atoms with Crippen LogP contribution in [0.3, 0.4) is 0 Å². The lowest BCUT2D eigenvalue weighted by molar-refractivity contribution is -0.147. The van der Waals surface area contributed by atoms with Gasteiger partial charge in [0.1, 0.15) is 0 Å². The number of para-hydroxylation sites is 1. The summed E-state index contributed by atoms with van der Waals surface area (Å²) in [5.41, 5.74) is 2.66. The van der Waals surface area contributed by atoms with E-state index in [-0.39, 0.29) is 11.9 Å². The first kappa shape index (κ1) is 13.9. The van der Waals surface area contributed by atoms with Crippen LogP contribution in [0.5, 0.6) is 0 Å². The Morgan fingerprint density at radius 3 is 2.95 bits per heavy atom. The molecule has 3 nitrogen and oxygen atoms in total. The maximum atomic E-state index is 11.8. The number of carbonyl (C=O) groups excluding carboxylic acids is 1. The molecule has 1 aliphatic rings. The molecule has 0 amide bonds. The van der Waals surface area contributed by atoms with Crippen molar-refractivity contribution in [3.63, 3.8) is 0 Å². The summed E-state index contributed by atoms with van der Waals surface area (Å²) in [7, 11) is 0. The number of fused-ring (bicyclic) bond motifs is 1. The number of anilines is 1. The van der Waals surface area contributed by atoms with Crippen LogP contribution in [-0.4, -0.2) is 25.7 Å². The molecule has 1 heterocycles. The molecule has 1 aliphatic heterocycles. The number of benzene rings is 1. The van der Waals surface area contributed by atoms with Gasteiger partial charge in [-0.3, -0.25) is 4.79 Å². The van der Waals surface area contributed by atoms with Crippen LogP contribution in [-0.2, 0) is 16.0 Å². The molecular weight excluding hydrogens is 238 g/mol. The standard InChI is InChI=1S/C16H23NO2/c1-4-19-16(18)13(3)11-17-10-12(2)9-14-7-5-6-8-15(14)17/h5-8,12-13H,4,9-11H2,1-3H3. The van der Waals surface area contributed by atoms with Crippen LogP contribution in [0.2, 0.25) is 0 Å². The molecule has 0 bridgehead atoms. The highest BCUT2D eigenvalue weighted by Crippen LogP contribution is 2.29. The topological polar surface area (TPSA) is 29.5 Å². The van der Waals surface area contributed by atoms with Crippen LogP contribution < -0.4 is 4.90 Å². The molecule has 2 unspecified atom stereocenters. The molecule has 104 valence electrons. The smallest absolute Gasteiger partial charge is 0.310 e. The van der Waals surface area contributed by atoms with Crippen LogP contribution in [0, 0.1) is 11.8 Å². The van der Waals surface area contributed by atoms with Crippen LogP contribution in [0.1, 0.15) is 26.3 Å². The lowest BCUT2D eigenvalue weighted by atomic mass is 9.93. The van der Waals surface area contributed by atoms with Gasteiger partial charge in [0.2, 0.25) is 0 Å². The molecule has 0 radical (unpaired) electrons. The van der Waals surface area contributed by atoms with E-state index in [1.54, 1.807) is 0 Å². The Labute approximate surface area is 115 Å². The minimum absolute atomic E-state index is 0.0849. The number of esters is 1. The number of hydrogen-bond donors (Lipinski definition) is 0. The molecule has 2 atom stereocenters. The predicted octanol–water partition coefficient (Wildman–Crippen LogP) is 2.88. The fourth-order valence-electron chi connectivity index (χ4n) is 2.77. The van der Waals surface area contributed by atoms with Crippen LogP contribution in [0.25, 0.3) is 0 Å². The molecule has 3 heteroatoms. The van der Waals surface area contributed by atoms with Crippen molar-refractivity contribution in [2.45, 2.75) is 27.2 Å². The number of hydrogen-bond acceptors (Lipinski definition) is 3. The summed E-state index contributed by atoms with van der Waals surface area (Å²) in [6.07, 6.45) is 1.13. The average molecular weight is 261 g/mol. The Bertz CT molecular complexity index is 444. The van der Waals surface area contributed by atoms with E-state index in [0.717, 1.165) is 19.5 Å². The monoisotopic (exact) mass is 261 g/mol.